The van der Waals surface area contributed by atoms with Crippen LogP contribution in [0.15, 0.2) is 41.2 Å². The van der Waals surface area contributed by atoms with Crippen molar-refractivity contribution in [1.82, 2.24) is 25.2 Å². The summed E-state index contributed by atoms with van der Waals surface area (Å²) in [4.78, 5) is 12.1. The monoisotopic (exact) mass is 345 g/mol. The lowest BCUT2D eigenvalue weighted by molar-refractivity contribution is 0.0597. The summed E-state index contributed by atoms with van der Waals surface area (Å²) >= 11 is 1.50. The maximum absolute atomic E-state index is 12.1. The molecule has 0 fully saturated rings. The van der Waals surface area contributed by atoms with Crippen molar-refractivity contribution in [3.05, 3.63) is 52.6 Å². The van der Waals surface area contributed by atoms with Crippen molar-refractivity contribution in [2.75, 3.05) is 6.54 Å². The molecule has 0 saturated heterocycles. The zero-order chi connectivity index (χ0) is 17.2. The molecule has 0 radical (unpaired) electrons. The van der Waals surface area contributed by atoms with Crippen molar-refractivity contribution >= 4 is 23.0 Å². The lowest BCUT2D eigenvalue weighted by Crippen LogP contribution is -2.44. The van der Waals surface area contributed by atoms with Gasteiger partial charge >= 0.3 is 6.03 Å². The number of carbonyl (C=O) groups excluding carboxylic acids is 1. The molecule has 3 N–H and O–H groups in total. The number of fused-ring (bicyclic) bond motifs is 1. The van der Waals surface area contributed by atoms with Crippen LogP contribution in [-0.2, 0) is 5.60 Å². The molecular formula is C16H19N5O2S. The average molecular weight is 345 g/mol. The fourth-order valence-corrected chi connectivity index (χ4v) is 3.18. The quantitative estimate of drug-likeness (QED) is 0.660. The summed E-state index contributed by atoms with van der Waals surface area (Å²) in [5, 5.41) is 27.9. The summed E-state index contributed by atoms with van der Waals surface area (Å²) < 4.78 is 1.83. The minimum Gasteiger partial charge on any atom is -0.384 e. The predicted molar refractivity (Wildman–Crippen MR) is 91.8 cm³/mol. The van der Waals surface area contributed by atoms with Crippen LogP contribution < -0.4 is 10.6 Å². The first-order valence-electron chi connectivity index (χ1n) is 7.56. The Hall–Kier alpha value is -2.45. The molecular weight excluding hydrogens is 326 g/mol. The number of aromatic nitrogens is 3. The second-order valence-electron chi connectivity index (χ2n) is 5.82. The third kappa shape index (κ3) is 3.39. The van der Waals surface area contributed by atoms with E-state index in [2.05, 4.69) is 20.8 Å². The van der Waals surface area contributed by atoms with Crippen LogP contribution in [-0.4, -0.2) is 32.3 Å². The summed E-state index contributed by atoms with van der Waals surface area (Å²) in [7, 11) is 0. The first kappa shape index (κ1) is 16.4. The lowest BCUT2D eigenvalue weighted by atomic mass is 9.99. The van der Waals surface area contributed by atoms with Gasteiger partial charge in [-0.1, -0.05) is 6.07 Å². The molecule has 0 aliphatic rings. The van der Waals surface area contributed by atoms with Gasteiger partial charge in [0.15, 0.2) is 11.5 Å². The number of urea groups is 1. The number of nitrogens with zero attached hydrogens (tertiary/aromatic N) is 3. The van der Waals surface area contributed by atoms with Crippen LogP contribution in [0.5, 0.6) is 0 Å². The van der Waals surface area contributed by atoms with Gasteiger partial charge in [0.25, 0.3) is 0 Å². The summed E-state index contributed by atoms with van der Waals surface area (Å²) in [6.07, 6.45) is 1.85. The van der Waals surface area contributed by atoms with Crippen molar-refractivity contribution in [3.63, 3.8) is 0 Å². The first-order chi connectivity index (χ1) is 11.5. The van der Waals surface area contributed by atoms with E-state index in [1.807, 2.05) is 52.5 Å². The molecule has 126 valence electrons. The molecule has 0 aliphatic carbocycles. The Labute approximate surface area is 143 Å². The highest BCUT2D eigenvalue weighted by Crippen LogP contribution is 2.22. The first-order valence-corrected chi connectivity index (χ1v) is 8.51. The molecule has 2 amide bonds. The molecule has 8 heteroatoms. The zero-order valence-corrected chi connectivity index (χ0v) is 14.2. The molecule has 3 aromatic heterocycles. The third-order valence-corrected chi connectivity index (χ3v) is 4.49. The Bertz CT molecular complexity index is 828. The number of hydrogen-bond acceptors (Lipinski definition) is 5. The molecule has 24 heavy (non-hydrogen) atoms. The molecule has 0 unspecified atom stereocenters. The van der Waals surface area contributed by atoms with Crippen LogP contribution in [0.25, 0.3) is 5.65 Å². The molecule has 7 nitrogen and oxygen atoms in total. The van der Waals surface area contributed by atoms with Gasteiger partial charge in [0, 0.05) is 6.20 Å². The van der Waals surface area contributed by atoms with Gasteiger partial charge in [0.2, 0.25) is 0 Å². The summed E-state index contributed by atoms with van der Waals surface area (Å²) in [5.41, 5.74) is 0.397. The number of rotatable bonds is 5. The van der Waals surface area contributed by atoms with Crippen molar-refractivity contribution in [3.8, 4) is 0 Å². The van der Waals surface area contributed by atoms with Crippen LogP contribution in [0.4, 0.5) is 4.79 Å². The topological polar surface area (TPSA) is 91.5 Å². The molecule has 2 atom stereocenters. The number of carbonyl (C=O) groups is 1. The molecule has 3 aromatic rings. The molecule has 0 saturated carbocycles. The fraction of sp³-hybridized carbons (Fsp3) is 0.312. The van der Waals surface area contributed by atoms with Gasteiger partial charge in [-0.3, -0.25) is 4.40 Å². The number of hydrogen-bond donors (Lipinski definition) is 3. The summed E-state index contributed by atoms with van der Waals surface area (Å²) in [5.74, 6) is 0.644. The maximum Gasteiger partial charge on any atom is 0.315 e. The predicted octanol–water partition coefficient (Wildman–Crippen LogP) is 2.06. The Kier molecular flexibility index (Phi) is 4.50. The number of pyridine rings is 1. The van der Waals surface area contributed by atoms with E-state index in [0.717, 1.165) is 11.2 Å². The SMILES string of the molecule is C[C@@H](NC(=O)NC[C@@](C)(O)c1ccsc1)c1nnc2ccccn12. The number of nitrogens with one attached hydrogen (secondary N) is 2. The van der Waals surface area contributed by atoms with Crippen molar-refractivity contribution < 1.29 is 9.90 Å². The second-order valence-corrected chi connectivity index (χ2v) is 6.60. The molecule has 0 spiro atoms. The number of aliphatic hydroxyl groups is 1. The zero-order valence-electron chi connectivity index (χ0n) is 13.4. The highest BCUT2D eigenvalue weighted by molar-refractivity contribution is 7.08. The standard InChI is InChI=1S/C16H19N5O2S/c1-11(14-20-19-13-5-3-4-7-21(13)14)18-15(22)17-10-16(2,23)12-6-8-24-9-12/h3-9,11,23H,10H2,1-2H3,(H2,17,18,22)/t11-,16-/m1/s1. The van der Waals surface area contributed by atoms with E-state index in [0.29, 0.717) is 5.82 Å². The van der Waals surface area contributed by atoms with Crippen molar-refractivity contribution in [1.29, 1.82) is 0 Å². The largest absolute Gasteiger partial charge is 0.384 e. The molecule has 0 aromatic carbocycles. The second kappa shape index (κ2) is 6.58. The Morgan fingerprint density at radius 3 is 3.00 bits per heavy atom. The normalized spacial score (nSPS) is 15.0. The van der Waals surface area contributed by atoms with Crippen molar-refractivity contribution in [2.24, 2.45) is 0 Å². The Morgan fingerprint density at radius 2 is 2.25 bits per heavy atom. The van der Waals surface area contributed by atoms with Gasteiger partial charge in [0.05, 0.1) is 12.6 Å². The highest BCUT2D eigenvalue weighted by atomic mass is 32.1. The molecule has 3 heterocycles. The fourth-order valence-electron chi connectivity index (χ4n) is 2.39. The number of amides is 2. The van der Waals surface area contributed by atoms with Gasteiger partial charge in [-0.25, -0.2) is 4.79 Å². The number of thiophene rings is 1. The van der Waals surface area contributed by atoms with Gasteiger partial charge in [-0.05, 0) is 48.4 Å². The summed E-state index contributed by atoms with van der Waals surface area (Å²) in [6, 6.07) is 6.76. The van der Waals surface area contributed by atoms with E-state index in [9.17, 15) is 9.90 Å². The van der Waals surface area contributed by atoms with Gasteiger partial charge in [0.1, 0.15) is 5.60 Å². The van der Waals surface area contributed by atoms with Crippen LogP contribution >= 0.6 is 11.3 Å². The maximum atomic E-state index is 12.1. The van der Waals surface area contributed by atoms with E-state index in [4.69, 9.17) is 0 Å². The van der Waals surface area contributed by atoms with E-state index >= 15 is 0 Å². The smallest absolute Gasteiger partial charge is 0.315 e. The molecule has 0 bridgehead atoms. The minimum atomic E-state index is -1.11. The van der Waals surface area contributed by atoms with E-state index in [1.54, 1.807) is 6.92 Å². The van der Waals surface area contributed by atoms with Gasteiger partial charge < -0.3 is 15.7 Å². The van der Waals surface area contributed by atoms with Crippen LogP contribution in [0, 0.1) is 0 Å². The van der Waals surface area contributed by atoms with Crippen LogP contribution in [0.2, 0.25) is 0 Å². The third-order valence-electron chi connectivity index (χ3n) is 3.81. The van der Waals surface area contributed by atoms with E-state index in [1.165, 1.54) is 11.3 Å². The Balaban J connectivity index is 1.60. The lowest BCUT2D eigenvalue weighted by Gasteiger charge is -2.23. The molecule has 0 aliphatic heterocycles. The average Bonchev–Trinajstić information content (AvgIpc) is 3.22. The molecule has 3 rings (SSSR count). The van der Waals surface area contributed by atoms with E-state index < -0.39 is 5.60 Å². The van der Waals surface area contributed by atoms with Gasteiger partial charge in [-0.15, -0.1) is 10.2 Å². The summed E-state index contributed by atoms with van der Waals surface area (Å²) in [6.45, 7) is 3.62. The van der Waals surface area contributed by atoms with Crippen LogP contribution in [0.3, 0.4) is 0 Å². The van der Waals surface area contributed by atoms with Gasteiger partial charge in [-0.2, -0.15) is 11.3 Å². The van der Waals surface area contributed by atoms with Crippen molar-refractivity contribution in [2.45, 2.75) is 25.5 Å². The highest BCUT2D eigenvalue weighted by Gasteiger charge is 2.24. The van der Waals surface area contributed by atoms with Crippen LogP contribution in [0.1, 0.15) is 31.3 Å². The minimum absolute atomic E-state index is 0.114. The van der Waals surface area contributed by atoms with E-state index in [-0.39, 0.29) is 18.6 Å². The Morgan fingerprint density at radius 1 is 1.42 bits per heavy atom.